The minimum atomic E-state index is 0.246. The molecular formula is C13H21NO2. The summed E-state index contributed by atoms with van der Waals surface area (Å²) in [5, 5.41) is 12.2. The molecule has 1 aromatic carbocycles. The fourth-order valence-corrected chi connectivity index (χ4v) is 1.44. The van der Waals surface area contributed by atoms with E-state index < -0.39 is 0 Å². The van der Waals surface area contributed by atoms with Crippen molar-refractivity contribution in [3.8, 4) is 5.75 Å². The molecule has 0 heterocycles. The zero-order chi connectivity index (χ0) is 11.8. The van der Waals surface area contributed by atoms with Gasteiger partial charge in [0.2, 0.25) is 0 Å². The number of benzene rings is 1. The Morgan fingerprint density at radius 3 is 2.56 bits per heavy atom. The van der Waals surface area contributed by atoms with Crippen molar-refractivity contribution in [2.75, 3.05) is 26.8 Å². The van der Waals surface area contributed by atoms with Crippen molar-refractivity contribution in [3.05, 3.63) is 29.8 Å². The lowest BCUT2D eigenvalue weighted by Crippen LogP contribution is -2.25. The van der Waals surface area contributed by atoms with Gasteiger partial charge in [-0.3, -0.25) is 0 Å². The second-order valence-corrected chi connectivity index (χ2v) is 4.09. The Hall–Kier alpha value is -1.06. The van der Waals surface area contributed by atoms with Crippen LogP contribution in [0.4, 0.5) is 0 Å². The molecule has 3 nitrogen and oxygen atoms in total. The molecule has 2 N–H and O–H groups in total. The first kappa shape index (κ1) is 13.0. The molecule has 1 unspecified atom stereocenters. The summed E-state index contributed by atoms with van der Waals surface area (Å²) in [4.78, 5) is 0. The largest absolute Gasteiger partial charge is 0.497 e. The van der Waals surface area contributed by atoms with Crippen molar-refractivity contribution < 1.29 is 9.84 Å². The molecule has 0 saturated carbocycles. The molecule has 0 saturated heterocycles. The zero-order valence-electron chi connectivity index (χ0n) is 10.1. The van der Waals surface area contributed by atoms with Crippen LogP contribution in [0, 0.1) is 5.92 Å². The van der Waals surface area contributed by atoms with Gasteiger partial charge in [0.15, 0.2) is 0 Å². The molecule has 0 amide bonds. The summed E-state index contributed by atoms with van der Waals surface area (Å²) in [7, 11) is 1.67. The van der Waals surface area contributed by atoms with E-state index in [1.54, 1.807) is 7.11 Å². The van der Waals surface area contributed by atoms with Crippen LogP contribution in [0.3, 0.4) is 0 Å². The lowest BCUT2D eigenvalue weighted by atomic mass is 10.1. The summed E-state index contributed by atoms with van der Waals surface area (Å²) in [5.41, 5.74) is 1.30. The summed E-state index contributed by atoms with van der Waals surface area (Å²) in [5.74, 6) is 1.22. The number of nitrogens with one attached hydrogen (secondary N) is 1. The highest BCUT2D eigenvalue weighted by atomic mass is 16.5. The van der Waals surface area contributed by atoms with E-state index in [9.17, 15) is 0 Å². The van der Waals surface area contributed by atoms with Gasteiger partial charge in [0.05, 0.1) is 7.11 Å². The van der Waals surface area contributed by atoms with Gasteiger partial charge >= 0.3 is 0 Å². The van der Waals surface area contributed by atoms with Crippen LogP contribution in [-0.2, 0) is 6.42 Å². The molecule has 0 spiro atoms. The van der Waals surface area contributed by atoms with Gasteiger partial charge in [0.1, 0.15) is 5.75 Å². The van der Waals surface area contributed by atoms with Crippen LogP contribution in [0.15, 0.2) is 24.3 Å². The molecule has 16 heavy (non-hydrogen) atoms. The lowest BCUT2D eigenvalue weighted by molar-refractivity contribution is 0.234. The zero-order valence-corrected chi connectivity index (χ0v) is 10.1. The van der Waals surface area contributed by atoms with E-state index in [1.807, 2.05) is 19.1 Å². The number of rotatable bonds is 7. The predicted molar refractivity (Wildman–Crippen MR) is 65.8 cm³/mol. The Balaban J connectivity index is 2.21. The summed E-state index contributed by atoms with van der Waals surface area (Å²) >= 11 is 0. The number of methoxy groups -OCH3 is 1. The molecule has 1 rings (SSSR count). The Bertz CT molecular complexity index is 284. The SMILES string of the molecule is COc1ccc(CCNCC(C)CO)cc1. The van der Waals surface area contributed by atoms with E-state index in [0.717, 1.165) is 25.3 Å². The van der Waals surface area contributed by atoms with Crippen molar-refractivity contribution in [1.82, 2.24) is 5.32 Å². The standard InChI is InChI=1S/C13H21NO2/c1-11(10-15)9-14-8-7-12-3-5-13(16-2)6-4-12/h3-6,11,14-15H,7-10H2,1-2H3. The molecule has 0 bridgehead atoms. The highest BCUT2D eigenvalue weighted by Crippen LogP contribution is 2.11. The first-order chi connectivity index (χ1) is 7.76. The second kappa shape index (κ2) is 7.25. The van der Waals surface area contributed by atoms with Crippen molar-refractivity contribution in [3.63, 3.8) is 0 Å². The molecule has 0 aromatic heterocycles. The number of aliphatic hydroxyl groups excluding tert-OH is 1. The van der Waals surface area contributed by atoms with Gasteiger partial charge in [0.25, 0.3) is 0 Å². The molecular weight excluding hydrogens is 202 g/mol. The van der Waals surface area contributed by atoms with Crippen LogP contribution in [0.1, 0.15) is 12.5 Å². The van der Waals surface area contributed by atoms with Gasteiger partial charge in [-0.25, -0.2) is 0 Å². The number of hydrogen-bond donors (Lipinski definition) is 2. The van der Waals surface area contributed by atoms with E-state index in [4.69, 9.17) is 9.84 Å². The molecule has 1 aromatic rings. The van der Waals surface area contributed by atoms with Gasteiger partial charge < -0.3 is 15.2 Å². The molecule has 0 aliphatic carbocycles. The van der Waals surface area contributed by atoms with Gasteiger partial charge in [-0.05, 0) is 43.1 Å². The number of hydrogen-bond acceptors (Lipinski definition) is 3. The predicted octanol–water partition coefficient (Wildman–Crippen LogP) is 1.46. The smallest absolute Gasteiger partial charge is 0.118 e. The van der Waals surface area contributed by atoms with Gasteiger partial charge in [0, 0.05) is 6.61 Å². The number of aliphatic hydroxyl groups is 1. The van der Waals surface area contributed by atoms with E-state index in [2.05, 4.69) is 17.4 Å². The summed E-state index contributed by atoms with van der Waals surface area (Å²) in [6, 6.07) is 8.11. The summed E-state index contributed by atoms with van der Waals surface area (Å²) in [6.07, 6.45) is 1.00. The fraction of sp³-hybridized carbons (Fsp3) is 0.538. The van der Waals surface area contributed by atoms with Crippen molar-refractivity contribution in [2.45, 2.75) is 13.3 Å². The fourth-order valence-electron chi connectivity index (χ4n) is 1.44. The normalized spacial score (nSPS) is 12.4. The maximum Gasteiger partial charge on any atom is 0.118 e. The van der Waals surface area contributed by atoms with Crippen molar-refractivity contribution >= 4 is 0 Å². The lowest BCUT2D eigenvalue weighted by Gasteiger charge is -2.09. The monoisotopic (exact) mass is 223 g/mol. The Labute approximate surface area is 97.4 Å². The molecule has 3 heteroatoms. The third-order valence-corrected chi connectivity index (χ3v) is 2.55. The summed E-state index contributed by atoms with van der Waals surface area (Å²) in [6.45, 7) is 4.08. The highest BCUT2D eigenvalue weighted by molar-refractivity contribution is 5.27. The molecule has 0 aliphatic rings. The van der Waals surface area contributed by atoms with Crippen LogP contribution in [-0.4, -0.2) is 31.9 Å². The minimum absolute atomic E-state index is 0.246. The van der Waals surface area contributed by atoms with Crippen molar-refractivity contribution in [2.24, 2.45) is 5.92 Å². The van der Waals surface area contributed by atoms with Gasteiger partial charge in [-0.1, -0.05) is 19.1 Å². The maximum atomic E-state index is 8.85. The van der Waals surface area contributed by atoms with E-state index in [-0.39, 0.29) is 6.61 Å². The molecule has 0 fully saturated rings. The molecule has 1 atom stereocenters. The first-order valence-electron chi connectivity index (χ1n) is 5.70. The molecule has 0 radical (unpaired) electrons. The maximum absolute atomic E-state index is 8.85. The summed E-state index contributed by atoms with van der Waals surface area (Å²) < 4.78 is 5.10. The third kappa shape index (κ3) is 4.64. The van der Waals surface area contributed by atoms with Crippen LogP contribution >= 0.6 is 0 Å². The van der Waals surface area contributed by atoms with E-state index >= 15 is 0 Å². The van der Waals surface area contributed by atoms with Crippen LogP contribution < -0.4 is 10.1 Å². The number of ether oxygens (including phenoxy) is 1. The average molecular weight is 223 g/mol. The average Bonchev–Trinajstić information content (AvgIpc) is 2.35. The Morgan fingerprint density at radius 2 is 2.00 bits per heavy atom. The third-order valence-electron chi connectivity index (χ3n) is 2.55. The molecule has 90 valence electrons. The van der Waals surface area contributed by atoms with E-state index in [1.165, 1.54) is 5.56 Å². The van der Waals surface area contributed by atoms with Crippen LogP contribution in [0.2, 0.25) is 0 Å². The van der Waals surface area contributed by atoms with E-state index in [0.29, 0.717) is 5.92 Å². The second-order valence-electron chi connectivity index (χ2n) is 4.09. The van der Waals surface area contributed by atoms with Gasteiger partial charge in [-0.2, -0.15) is 0 Å². The minimum Gasteiger partial charge on any atom is -0.497 e. The topological polar surface area (TPSA) is 41.5 Å². The van der Waals surface area contributed by atoms with Gasteiger partial charge in [-0.15, -0.1) is 0 Å². The highest BCUT2D eigenvalue weighted by Gasteiger charge is 1.99. The quantitative estimate of drug-likeness (QED) is 0.688. The molecule has 0 aliphatic heterocycles. The first-order valence-corrected chi connectivity index (χ1v) is 5.70. The van der Waals surface area contributed by atoms with Crippen LogP contribution in [0.5, 0.6) is 5.75 Å². The van der Waals surface area contributed by atoms with Crippen LogP contribution in [0.25, 0.3) is 0 Å². The Kier molecular flexibility index (Phi) is 5.90. The van der Waals surface area contributed by atoms with Crippen molar-refractivity contribution in [1.29, 1.82) is 0 Å². The Morgan fingerprint density at radius 1 is 1.31 bits per heavy atom.